The average molecular weight is 312 g/mol. The van der Waals surface area contributed by atoms with Crippen LogP contribution in [0.3, 0.4) is 0 Å². The van der Waals surface area contributed by atoms with E-state index in [0.29, 0.717) is 17.4 Å². The standard InChI is InChI=1S/C17H20N4O2/c1-11-19-14(12-7-13(17(22)23)10-18-9-12)8-15(20-11)16-5-3-4-6-21(16)2/h7-10,16H,3-6H2,1-2H3,(H,22,23). The first-order valence-electron chi connectivity index (χ1n) is 7.79. The third kappa shape index (κ3) is 3.37. The van der Waals surface area contributed by atoms with Crippen molar-refractivity contribution in [3.05, 3.63) is 41.6 Å². The van der Waals surface area contributed by atoms with E-state index in [9.17, 15) is 4.79 Å². The molecule has 3 heterocycles. The van der Waals surface area contributed by atoms with Crippen molar-refractivity contribution in [1.29, 1.82) is 0 Å². The number of piperidine rings is 1. The molecule has 1 N–H and O–H groups in total. The van der Waals surface area contributed by atoms with E-state index in [4.69, 9.17) is 5.11 Å². The summed E-state index contributed by atoms with van der Waals surface area (Å²) >= 11 is 0. The van der Waals surface area contributed by atoms with Gasteiger partial charge in [-0.15, -0.1) is 0 Å². The van der Waals surface area contributed by atoms with Crippen molar-refractivity contribution in [3.8, 4) is 11.3 Å². The number of aryl methyl sites for hydroxylation is 1. The van der Waals surface area contributed by atoms with Crippen molar-refractivity contribution in [2.24, 2.45) is 0 Å². The molecule has 1 unspecified atom stereocenters. The number of likely N-dealkylation sites (tertiary alicyclic amines) is 1. The Hall–Kier alpha value is -2.34. The van der Waals surface area contributed by atoms with Crippen LogP contribution in [0.25, 0.3) is 11.3 Å². The number of carbonyl (C=O) groups is 1. The number of hydrogen-bond acceptors (Lipinski definition) is 5. The van der Waals surface area contributed by atoms with Crippen molar-refractivity contribution in [1.82, 2.24) is 19.9 Å². The molecule has 0 bridgehead atoms. The first-order chi connectivity index (χ1) is 11.0. The Morgan fingerprint density at radius 2 is 2.09 bits per heavy atom. The van der Waals surface area contributed by atoms with Crippen LogP contribution < -0.4 is 0 Å². The molecule has 1 fully saturated rings. The molecule has 6 heteroatoms. The molecule has 0 saturated carbocycles. The second-order valence-electron chi connectivity index (χ2n) is 5.98. The Kier molecular flexibility index (Phi) is 4.34. The lowest BCUT2D eigenvalue weighted by Crippen LogP contribution is -2.30. The number of rotatable bonds is 3. The molecule has 0 aromatic carbocycles. The third-order valence-corrected chi connectivity index (χ3v) is 4.25. The van der Waals surface area contributed by atoms with Gasteiger partial charge in [-0.1, -0.05) is 6.42 Å². The topological polar surface area (TPSA) is 79.2 Å². The van der Waals surface area contributed by atoms with Gasteiger partial charge in [-0.25, -0.2) is 14.8 Å². The molecule has 2 aromatic heterocycles. The Balaban J connectivity index is 2.00. The first kappa shape index (κ1) is 15.6. The molecule has 1 aliphatic rings. The van der Waals surface area contributed by atoms with Gasteiger partial charge < -0.3 is 5.11 Å². The number of carboxylic acid groups (broad SMARTS) is 1. The fourth-order valence-electron chi connectivity index (χ4n) is 3.06. The normalized spacial score (nSPS) is 18.8. The molecule has 0 spiro atoms. The van der Waals surface area contributed by atoms with E-state index in [1.165, 1.54) is 19.0 Å². The molecule has 0 radical (unpaired) electrons. The molecule has 120 valence electrons. The van der Waals surface area contributed by atoms with Crippen LogP contribution in [0.4, 0.5) is 0 Å². The summed E-state index contributed by atoms with van der Waals surface area (Å²) in [4.78, 5) is 26.5. The lowest BCUT2D eigenvalue weighted by Gasteiger charge is -2.32. The molecule has 3 rings (SSSR count). The zero-order chi connectivity index (χ0) is 16.4. The van der Waals surface area contributed by atoms with Crippen molar-refractivity contribution < 1.29 is 9.90 Å². The summed E-state index contributed by atoms with van der Waals surface area (Å²) in [7, 11) is 2.12. The smallest absolute Gasteiger partial charge is 0.337 e. The van der Waals surface area contributed by atoms with Gasteiger partial charge in [0.1, 0.15) is 5.82 Å². The van der Waals surface area contributed by atoms with E-state index in [1.54, 1.807) is 12.3 Å². The van der Waals surface area contributed by atoms with Gasteiger partial charge in [0.15, 0.2) is 0 Å². The molecular formula is C17H20N4O2. The van der Waals surface area contributed by atoms with Gasteiger partial charge in [0.2, 0.25) is 0 Å². The van der Waals surface area contributed by atoms with Gasteiger partial charge in [0.25, 0.3) is 0 Å². The lowest BCUT2D eigenvalue weighted by atomic mass is 9.98. The van der Waals surface area contributed by atoms with E-state index in [-0.39, 0.29) is 5.56 Å². The summed E-state index contributed by atoms with van der Waals surface area (Å²) in [5, 5.41) is 9.12. The van der Waals surface area contributed by atoms with Crippen LogP contribution in [0.1, 0.15) is 47.2 Å². The van der Waals surface area contributed by atoms with E-state index >= 15 is 0 Å². The second kappa shape index (κ2) is 6.42. The molecule has 1 atom stereocenters. The monoisotopic (exact) mass is 312 g/mol. The fraction of sp³-hybridized carbons (Fsp3) is 0.412. The minimum absolute atomic E-state index is 0.162. The van der Waals surface area contributed by atoms with Crippen molar-refractivity contribution in [2.75, 3.05) is 13.6 Å². The molecule has 2 aromatic rings. The van der Waals surface area contributed by atoms with Crippen LogP contribution in [0.2, 0.25) is 0 Å². The molecule has 1 saturated heterocycles. The van der Waals surface area contributed by atoms with Crippen molar-refractivity contribution >= 4 is 5.97 Å². The fourth-order valence-corrected chi connectivity index (χ4v) is 3.06. The van der Waals surface area contributed by atoms with E-state index in [2.05, 4.69) is 26.9 Å². The number of aromatic nitrogens is 3. The second-order valence-corrected chi connectivity index (χ2v) is 5.98. The number of carboxylic acids is 1. The summed E-state index contributed by atoms with van der Waals surface area (Å²) in [5.41, 5.74) is 2.59. The highest BCUT2D eigenvalue weighted by molar-refractivity contribution is 5.88. The zero-order valence-corrected chi connectivity index (χ0v) is 13.4. The summed E-state index contributed by atoms with van der Waals surface area (Å²) < 4.78 is 0. The minimum atomic E-state index is -0.989. The summed E-state index contributed by atoms with van der Waals surface area (Å²) in [6, 6.07) is 3.85. The van der Waals surface area contributed by atoms with Crippen LogP contribution in [0.15, 0.2) is 24.5 Å². The SMILES string of the molecule is Cc1nc(-c2cncc(C(=O)O)c2)cc(C2CCCCN2C)n1. The number of nitrogens with zero attached hydrogens (tertiary/aromatic N) is 4. The van der Waals surface area contributed by atoms with Gasteiger partial charge >= 0.3 is 5.97 Å². The van der Waals surface area contributed by atoms with E-state index in [0.717, 1.165) is 24.4 Å². The third-order valence-electron chi connectivity index (χ3n) is 4.25. The first-order valence-corrected chi connectivity index (χ1v) is 7.79. The highest BCUT2D eigenvalue weighted by Crippen LogP contribution is 2.30. The average Bonchev–Trinajstić information content (AvgIpc) is 2.55. The van der Waals surface area contributed by atoms with Crippen LogP contribution in [-0.2, 0) is 0 Å². The van der Waals surface area contributed by atoms with E-state index in [1.807, 2.05) is 13.0 Å². The minimum Gasteiger partial charge on any atom is -0.478 e. The molecule has 0 aliphatic carbocycles. The predicted molar refractivity (Wildman–Crippen MR) is 86.2 cm³/mol. The quantitative estimate of drug-likeness (QED) is 0.938. The van der Waals surface area contributed by atoms with Gasteiger partial charge in [-0.05, 0) is 45.5 Å². The summed E-state index contributed by atoms with van der Waals surface area (Å²) in [5.74, 6) is -0.297. The highest BCUT2D eigenvalue weighted by atomic mass is 16.4. The molecule has 6 nitrogen and oxygen atoms in total. The molecule has 0 amide bonds. The Morgan fingerprint density at radius 3 is 2.83 bits per heavy atom. The van der Waals surface area contributed by atoms with E-state index < -0.39 is 5.97 Å². The zero-order valence-electron chi connectivity index (χ0n) is 13.4. The van der Waals surface area contributed by atoms with Crippen molar-refractivity contribution in [2.45, 2.75) is 32.2 Å². The van der Waals surface area contributed by atoms with Crippen molar-refractivity contribution in [3.63, 3.8) is 0 Å². The van der Waals surface area contributed by atoms with Crippen LogP contribution >= 0.6 is 0 Å². The number of pyridine rings is 1. The summed E-state index contributed by atoms with van der Waals surface area (Å²) in [6.45, 7) is 2.93. The Bertz CT molecular complexity index is 732. The number of hydrogen-bond donors (Lipinski definition) is 1. The van der Waals surface area contributed by atoms with Crippen LogP contribution in [0.5, 0.6) is 0 Å². The van der Waals surface area contributed by atoms with Gasteiger partial charge in [-0.3, -0.25) is 9.88 Å². The van der Waals surface area contributed by atoms with Gasteiger partial charge in [-0.2, -0.15) is 0 Å². The maximum Gasteiger partial charge on any atom is 0.337 e. The molecular weight excluding hydrogens is 292 g/mol. The highest BCUT2D eigenvalue weighted by Gasteiger charge is 2.23. The van der Waals surface area contributed by atoms with Gasteiger partial charge in [0, 0.05) is 18.0 Å². The lowest BCUT2D eigenvalue weighted by molar-refractivity contribution is 0.0696. The molecule has 23 heavy (non-hydrogen) atoms. The maximum atomic E-state index is 11.1. The Labute approximate surface area is 135 Å². The van der Waals surface area contributed by atoms with Crippen LogP contribution in [0, 0.1) is 6.92 Å². The largest absolute Gasteiger partial charge is 0.478 e. The Morgan fingerprint density at radius 1 is 1.26 bits per heavy atom. The maximum absolute atomic E-state index is 11.1. The molecule has 1 aliphatic heterocycles. The predicted octanol–water partition coefficient (Wildman–Crippen LogP) is 2.70. The van der Waals surface area contributed by atoms with Crippen LogP contribution in [-0.4, -0.2) is 44.5 Å². The summed E-state index contributed by atoms with van der Waals surface area (Å²) in [6.07, 6.45) is 6.48. The van der Waals surface area contributed by atoms with Gasteiger partial charge in [0.05, 0.1) is 23.0 Å². The number of aromatic carboxylic acids is 1.